The maximum Gasteiger partial charge on any atom is 0.309 e. The summed E-state index contributed by atoms with van der Waals surface area (Å²) in [6.07, 6.45) is 18.4. The molecule has 0 bridgehead atoms. The van der Waals surface area contributed by atoms with E-state index in [0.717, 1.165) is 56.3 Å². The molecule has 0 radical (unpaired) electrons. The number of hydrogen-bond donors (Lipinski definition) is 1. The molecule has 0 saturated carbocycles. The zero-order valence-corrected chi connectivity index (χ0v) is 20.9. The summed E-state index contributed by atoms with van der Waals surface area (Å²) >= 11 is 0. The molecule has 0 heterocycles. The summed E-state index contributed by atoms with van der Waals surface area (Å²) in [6, 6.07) is 0. The van der Waals surface area contributed by atoms with Gasteiger partial charge in [-0.25, -0.2) is 0 Å². The van der Waals surface area contributed by atoms with E-state index in [1.807, 2.05) is 0 Å². The van der Waals surface area contributed by atoms with Crippen LogP contribution in [0.2, 0.25) is 0 Å². The van der Waals surface area contributed by atoms with Gasteiger partial charge in [0.2, 0.25) is 0 Å². The van der Waals surface area contributed by atoms with Gasteiger partial charge in [-0.3, -0.25) is 4.79 Å². The Kier molecular flexibility index (Phi) is 16.9. The Morgan fingerprint density at radius 3 is 1.14 bits per heavy atom. The predicted molar refractivity (Wildman–Crippen MR) is 128 cm³/mol. The molecule has 2 heteroatoms. The summed E-state index contributed by atoms with van der Waals surface area (Å²) in [4.78, 5) is 12.4. The fourth-order valence-electron chi connectivity index (χ4n) is 4.45. The fourth-order valence-corrected chi connectivity index (χ4v) is 4.45. The van der Waals surface area contributed by atoms with Gasteiger partial charge in [-0.15, -0.1) is 0 Å². The molecule has 174 valence electrons. The van der Waals surface area contributed by atoms with Gasteiger partial charge >= 0.3 is 5.97 Å². The van der Waals surface area contributed by atoms with Gasteiger partial charge in [0.05, 0.1) is 5.41 Å². The average molecular weight is 411 g/mol. The molecule has 0 aliphatic carbocycles. The highest BCUT2D eigenvalue weighted by Crippen LogP contribution is 2.38. The number of carboxylic acid groups (broad SMARTS) is 1. The van der Waals surface area contributed by atoms with E-state index in [1.54, 1.807) is 0 Å². The maximum absolute atomic E-state index is 12.4. The largest absolute Gasteiger partial charge is 0.481 e. The third-order valence-corrected chi connectivity index (χ3v) is 6.51. The molecule has 0 amide bonds. The normalized spacial score (nSPS) is 12.4. The van der Waals surface area contributed by atoms with E-state index in [2.05, 4.69) is 41.5 Å². The van der Waals surface area contributed by atoms with E-state index in [1.165, 1.54) is 64.2 Å². The molecule has 0 aliphatic rings. The molecule has 1 N–H and O–H groups in total. The molecule has 2 nitrogen and oxygen atoms in total. The zero-order valence-electron chi connectivity index (χ0n) is 20.9. The first kappa shape index (κ1) is 28.5. The van der Waals surface area contributed by atoms with Crippen molar-refractivity contribution in [3.63, 3.8) is 0 Å². The van der Waals surface area contributed by atoms with Crippen LogP contribution in [0.4, 0.5) is 0 Å². The fraction of sp³-hybridized carbons (Fsp3) is 0.963. The SMILES string of the molecule is CC(C)CCCCCCC(CCCCCCC(C)C)(CCCCC(C)C)C(=O)O. The lowest BCUT2D eigenvalue weighted by molar-refractivity contribution is -0.150. The van der Waals surface area contributed by atoms with Crippen molar-refractivity contribution in [2.45, 2.75) is 144 Å². The van der Waals surface area contributed by atoms with Crippen molar-refractivity contribution in [3.05, 3.63) is 0 Å². The smallest absolute Gasteiger partial charge is 0.309 e. The van der Waals surface area contributed by atoms with Gasteiger partial charge in [-0.2, -0.15) is 0 Å². The lowest BCUT2D eigenvalue weighted by Gasteiger charge is -2.30. The van der Waals surface area contributed by atoms with Gasteiger partial charge in [0.15, 0.2) is 0 Å². The number of aliphatic carboxylic acids is 1. The number of unbranched alkanes of at least 4 members (excludes halogenated alkanes) is 7. The van der Waals surface area contributed by atoms with E-state index in [-0.39, 0.29) is 0 Å². The number of rotatable bonds is 20. The minimum absolute atomic E-state index is 0.465. The number of carboxylic acids is 1. The van der Waals surface area contributed by atoms with Crippen molar-refractivity contribution < 1.29 is 9.90 Å². The van der Waals surface area contributed by atoms with Gasteiger partial charge in [0.1, 0.15) is 0 Å². The van der Waals surface area contributed by atoms with Crippen LogP contribution in [0.1, 0.15) is 144 Å². The van der Waals surface area contributed by atoms with E-state index in [4.69, 9.17) is 0 Å². The highest BCUT2D eigenvalue weighted by molar-refractivity contribution is 5.74. The molecule has 0 aromatic heterocycles. The van der Waals surface area contributed by atoms with Crippen LogP contribution >= 0.6 is 0 Å². The lowest BCUT2D eigenvalue weighted by atomic mass is 9.74. The maximum atomic E-state index is 12.4. The molecular formula is C27H54O2. The first-order valence-electron chi connectivity index (χ1n) is 12.9. The van der Waals surface area contributed by atoms with Crippen LogP contribution in [-0.2, 0) is 4.79 Å². The van der Waals surface area contributed by atoms with Crippen molar-refractivity contribution >= 4 is 5.97 Å². The second kappa shape index (κ2) is 17.2. The predicted octanol–water partition coefficient (Wildman–Crippen LogP) is 9.27. The summed E-state index contributed by atoms with van der Waals surface area (Å²) in [7, 11) is 0. The molecule has 0 rings (SSSR count). The van der Waals surface area contributed by atoms with Crippen LogP contribution in [0.15, 0.2) is 0 Å². The Balaban J connectivity index is 4.55. The van der Waals surface area contributed by atoms with Crippen LogP contribution in [0, 0.1) is 23.2 Å². The minimum atomic E-state index is -0.522. The van der Waals surface area contributed by atoms with Crippen LogP contribution in [0.25, 0.3) is 0 Å². The first-order valence-corrected chi connectivity index (χ1v) is 12.9. The van der Waals surface area contributed by atoms with Crippen LogP contribution in [-0.4, -0.2) is 11.1 Å². The van der Waals surface area contributed by atoms with Crippen molar-refractivity contribution in [1.29, 1.82) is 0 Å². The van der Waals surface area contributed by atoms with Crippen molar-refractivity contribution in [1.82, 2.24) is 0 Å². The Bertz CT molecular complexity index is 364. The first-order chi connectivity index (χ1) is 13.7. The molecule has 0 aromatic carbocycles. The summed E-state index contributed by atoms with van der Waals surface area (Å²) in [5.41, 5.74) is -0.465. The average Bonchev–Trinajstić information content (AvgIpc) is 2.62. The molecular weight excluding hydrogens is 356 g/mol. The minimum Gasteiger partial charge on any atom is -0.481 e. The summed E-state index contributed by atoms with van der Waals surface area (Å²) < 4.78 is 0. The number of carbonyl (C=O) groups is 1. The van der Waals surface area contributed by atoms with E-state index in [0.29, 0.717) is 0 Å². The van der Waals surface area contributed by atoms with Crippen molar-refractivity contribution in [2.24, 2.45) is 23.2 Å². The van der Waals surface area contributed by atoms with Gasteiger partial charge in [0.25, 0.3) is 0 Å². The highest BCUT2D eigenvalue weighted by atomic mass is 16.4. The van der Waals surface area contributed by atoms with Gasteiger partial charge in [0, 0.05) is 0 Å². The Hall–Kier alpha value is -0.530. The highest BCUT2D eigenvalue weighted by Gasteiger charge is 2.36. The standard InChI is InChI=1S/C27H54O2/c1-23(2)17-11-7-9-14-20-27(26(28)29,22-16-13-19-25(5)6)21-15-10-8-12-18-24(3)4/h23-25H,7-22H2,1-6H3,(H,28,29). The molecule has 0 atom stereocenters. The molecule has 0 spiro atoms. The van der Waals surface area contributed by atoms with Crippen molar-refractivity contribution in [2.75, 3.05) is 0 Å². The van der Waals surface area contributed by atoms with Gasteiger partial charge in [-0.1, -0.05) is 125 Å². The van der Waals surface area contributed by atoms with Crippen LogP contribution < -0.4 is 0 Å². The van der Waals surface area contributed by atoms with E-state index in [9.17, 15) is 9.90 Å². The molecule has 29 heavy (non-hydrogen) atoms. The summed E-state index contributed by atoms with van der Waals surface area (Å²) in [5, 5.41) is 10.2. The summed E-state index contributed by atoms with van der Waals surface area (Å²) in [6.45, 7) is 13.7. The Morgan fingerprint density at radius 2 is 0.828 bits per heavy atom. The summed E-state index contributed by atoms with van der Waals surface area (Å²) in [5.74, 6) is 1.76. The van der Waals surface area contributed by atoms with Gasteiger partial charge in [-0.05, 0) is 37.0 Å². The van der Waals surface area contributed by atoms with Crippen molar-refractivity contribution in [3.8, 4) is 0 Å². The molecule has 0 saturated heterocycles. The Morgan fingerprint density at radius 1 is 0.552 bits per heavy atom. The molecule has 0 fully saturated rings. The molecule has 0 aliphatic heterocycles. The second-order valence-electron chi connectivity index (χ2n) is 10.9. The topological polar surface area (TPSA) is 37.3 Å². The van der Waals surface area contributed by atoms with Gasteiger partial charge < -0.3 is 5.11 Å². The van der Waals surface area contributed by atoms with Crippen LogP contribution in [0.5, 0.6) is 0 Å². The van der Waals surface area contributed by atoms with Crippen LogP contribution in [0.3, 0.4) is 0 Å². The zero-order chi connectivity index (χ0) is 22.1. The Labute approximate surface area is 183 Å². The van der Waals surface area contributed by atoms with E-state index >= 15 is 0 Å². The number of hydrogen-bond acceptors (Lipinski definition) is 1. The molecule has 0 aromatic rings. The molecule has 0 unspecified atom stereocenters. The monoisotopic (exact) mass is 410 g/mol. The second-order valence-corrected chi connectivity index (χ2v) is 10.9. The lowest BCUT2D eigenvalue weighted by Crippen LogP contribution is -2.31. The third kappa shape index (κ3) is 15.9. The quantitative estimate of drug-likeness (QED) is 0.203. The third-order valence-electron chi connectivity index (χ3n) is 6.51. The van der Waals surface area contributed by atoms with E-state index < -0.39 is 11.4 Å².